The summed E-state index contributed by atoms with van der Waals surface area (Å²) in [5.74, 6) is -1.00. The van der Waals surface area contributed by atoms with Gasteiger partial charge in [-0.15, -0.1) is 0 Å². The van der Waals surface area contributed by atoms with E-state index in [1.807, 2.05) is 0 Å². The zero-order valence-electron chi connectivity index (χ0n) is 14.5. The Labute approximate surface area is 147 Å². The number of hydrogen-bond acceptors (Lipinski definition) is 5. The van der Waals surface area contributed by atoms with Gasteiger partial charge in [-0.2, -0.15) is 0 Å². The van der Waals surface area contributed by atoms with Crippen LogP contribution in [0, 0.1) is 0 Å². The van der Waals surface area contributed by atoms with Crippen LogP contribution in [0.15, 0.2) is 24.3 Å². The van der Waals surface area contributed by atoms with E-state index in [2.05, 4.69) is 10.6 Å². The molecule has 1 aromatic carbocycles. The van der Waals surface area contributed by atoms with Crippen molar-refractivity contribution in [1.82, 2.24) is 10.6 Å². The third-order valence-electron chi connectivity index (χ3n) is 4.16. The van der Waals surface area contributed by atoms with E-state index in [1.165, 1.54) is 20.5 Å². The Bertz CT molecular complexity index is 626. The first-order valence-corrected chi connectivity index (χ1v) is 8.46. The van der Waals surface area contributed by atoms with Crippen LogP contribution in [0.25, 0.3) is 0 Å². The van der Waals surface area contributed by atoms with E-state index in [-0.39, 0.29) is 11.6 Å². The number of imide groups is 1. The monoisotopic (exact) mass is 348 g/mol. The molecule has 0 aliphatic heterocycles. The van der Waals surface area contributed by atoms with Crippen LogP contribution in [0.3, 0.4) is 0 Å². The number of benzene rings is 1. The number of para-hydroxylation sites is 1. The van der Waals surface area contributed by atoms with Crippen LogP contribution in [0.5, 0.6) is 5.75 Å². The topological polar surface area (TPSA) is 93.7 Å². The lowest BCUT2D eigenvalue weighted by Crippen LogP contribution is -2.48. The van der Waals surface area contributed by atoms with Crippen molar-refractivity contribution in [2.24, 2.45) is 0 Å². The molecule has 0 aromatic heterocycles. The third-order valence-corrected chi connectivity index (χ3v) is 4.16. The quantitative estimate of drug-likeness (QED) is 0.797. The first-order valence-electron chi connectivity index (χ1n) is 8.46. The molecule has 0 saturated heterocycles. The molecular weight excluding hydrogens is 324 g/mol. The van der Waals surface area contributed by atoms with Gasteiger partial charge < -0.3 is 14.8 Å². The number of carbonyl (C=O) groups excluding carboxylic acids is 3. The average Bonchev–Trinajstić information content (AvgIpc) is 2.62. The molecule has 25 heavy (non-hydrogen) atoms. The van der Waals surface area contributed by atoms with Crippen LogP contribution in [-0.4, -0.2) is 37.2 Å². The number of nitrogens with one attached hydrogen (secondary N) is 2. The van der Waals surface area contributed by atoms with Gasteiger partial charge in [-0.3, -0.25) is 10.1 Å². The Morgan fingerprint density at radius 1 is 1.12 bits per heavy atom. The Balaban J connectivity index is 1.84. The van der Waals surface area contributed by atoms with Crippen LogP contribution in [-0.2, 0) is 9.53 Å². The van der Waals surface area contributed by atoms with E-state index in [0.29, 0.717) is 5.75 Å². The van der Waals surface area contributed by atoms with E-state index in [4.69, 9.17) is 9.47 Å². The molecule has 1 fully saturated rings. The molecule has 1 aromatic rings. The molecule has 136 valence electrons. The van der Waals surface area contributed by atoms with Crippen LogP contribution < -0.4 is 15.4 Å². The molecule has 3 amide bonds. The first-order chi connectivity index (χ1) is 12.0. The molecule has 7 heteroatoms. The maximum Gasteiger partial charge on any atom is 0.342 e. The zero-order valence-corrected chi connectivity index (χ0v) is 14.5. The molecule has 0 spiro atoms. The number of carbonyl (C=O) groups is 3. The largest absolute Gasteiger partial charge is 0.496 e. The molecule has 0 radical (unpaired) electrons. The molecule has 1 aliphatic carbocycles. The number of ether oxygens (including phenoxy) is 2. The number of esters is 1. The van der Waals surface area contributed by atoms with Crippen LogP contribution in [0.4, 0.5) is 4.79 Å². The molecule has 2 N–H and O–H groups in total. The third kappa shape index (κ3) is 5.48. The molecule has 0 bridgehead atoms. The van der Waals surface area contributed by atoms with Gasteiger partial charge in [0.25, 0.3) is 5.91 Å². The fraction of sp³-hybridized carbons (Fsp3) is 0.500. The summed E-state index contributed by atoms with van der Waals surface area (Å²) in [6.07, 6.45) is 4.06. The standard InChI is InChI=1S/C18H24N2O5/c1-12(25-17(22)14-10-6-7-11-15(14)24-2)16(21)20-18(23)19-13-8-4-3-5-9-13/h6-7,10-13H,3-5,8-9H2,1-2H3,(H2,19,20,21,23)/t12-/m1/s1. The van der Waals surface area contributed by atoms with Gasteiger partial charge in [0.2, 0.25) is 0 Å². The summed E-state index contributed by atoms with van der Waals surface area (Å²) in [6, 6.07) is 6.09. The van der Waals surface area contributed by atoms with Crippen LogP contribution >= 0.6 is 0 Å². The minimum absolute atomic E-state index is 0.0907. The van der Waals surface area contributed by atoms with Crippen molar-refractivity contribution in [3.05, 3.63) is 29.8 Å². The van der Waals surface area contributed by atoms with Crippen molar-refractivity contribution < 1.29 is 23.9 Å². The summed E-state index contributed by atoms with van der Waals surface area (Å²) < 4.78 is 10.2. The molecule has 2 rings (SSSR count). The van der Waals surface area contributed by atoms with Crippen LogP contribution in [0.1, 0.15) is 49.4 Å². The molecule has 7 nitrogen and oxygen atoms in total. The van der Waals surface area contributed by atoms with Crippen molar-refractivity contribution in [2.75, 3.05) is 7.11 Å². The highest BCUT2D eigenvalue weighted by Gasteiger charge is 2.23. The van der Waals surface area contributed by atoms with Gasteiger partial charge in [-0.05, 0) is 31.9 Å². The van der Waals surface area contributed by atoms with Gasteiger partial charge in [0.1, 0.15) is 11.3 Å². The highest BCUT2D eigenvalue weighted by atomic mass is 16.5. The number of methoxy groups -OCH3 is 1. The number of urea groups is 1. The SMILES string of the molecule is COc1ccccc1C(=O)O[C@H](C)C(=O)NC(=O)NC1CCCCC1. The molecule has 0 heterocycles. The van der Waals surface area contributed by atoms with Crippen molar-refractivity contribution in [1.29, 1.82) is 0 Å². The lowest BCUT2D eigenvalue weighted by Gasteiger charge is -2.23. The number of rotatable bonds is 5. The lowest BCUT2D eigenvalue weighted by atomic mass is 9.96. The van der Waals surface area contributed by atoms with Gasteiger partial charge in [0.15, 0.2) is 6.10 Å². The normalized spacial score (nSPS) is 15.8. The lowest BCUT2D eigenvalue weighted by molar-refractivity contribution is -0.127. The second kappa shape index (κ2) is 9.05. The Hall–Kier alpha value is -2.57. The average molecular weight is 348 g/mol. The van der Waals surface area contributed by atoms with Gasteiger partial charge in [-0.1, -0.05) is 31.4 Å². The molecule has 1 aliphatic rings. The number of hydrogen-bond donors (Lipinski definition) is 2. The highest BCUT2D eigenvalue weighted by molar-refractivity contribution is 5.99. The molecule has 1 saturated carbocycles. The van der Waals surface area contributed by atoms with E-state index >= 15 is 0 Å². The maximum atomic E-state index is 12.2. The summed E-state index contributed by atoms with van der Waals surface area (Å²) in [5.41, 5.74) is 0.219. The Kier molecular flexibility index (Phi) is 6.80. The minimum atomic E-state index is -1.10. The fourth-order valence-electron chi connectivity index (χ4n) is 2.77. The molecule has 1 atom stereocenters. The summed E-state index contributed by atoms with van der Waals surface area (Å²) in [7, 11) is 1.44. The maximum absolute atomic E-state index is 12.2. The van der Waals surface area contributed by atoms with E-state index in [1.54, 1.807) is 24.3 Å². The summed E-state index contributed by atoms with van der Waals surface area (Å²) >= 11 is 0. The van der Waals surface area contributed by atoms with Crippen molar-refractivity contribution in [3.8, 4) is 5.75 Å². The van der Waals surface area contributed by atoms with Crippen LogP contribution in [0.2, 0.25) is 0 Å². The Morgan fingerprint density at radius 3 is 2.48 bits per heavy atom. The fourth-order valence-corrected chi connectivity index (χ4v) is 2.77. The predicted octanol–water partition coefficient (Wildman–Crippen LogP) is 2.40. The smallest absolute Gasteiger partial charge is 0.342 e. The van der Waals surface area contributed by atoms with Gasteiger partial charge >= 0.3 is 12.0 Å². The highest BCUT2D eigenvalue weighted by Crippen LogP contribution is 2.19. The van der Waals surface area contributed by atoms with E-state index < -0.39 is 24.0 Å². The van der Waals surface area contributed by atoms with Gasteiger partial charge in [0, 0.05) is 6.04 Å². The minimum Gasteiger partial charge on any atom is -0.496 e. The second-order valence-corrected chi connectivity index (χ2v) is 6.05. The molecular formula is C18H24N2O5. The van der Waals surface area contributed by atoms with Gasteiger partial charge in [-0.25, -0.2) is 9.59 Å². The van der Waals surface area contributed by atoms with E-state index in [9.17, 15) is 14.4 Å². The summed E-state index contributed by atoms with van der Waals surface area (Å²) in [4.78, 5) is 36.1. The first kappa shape index (κ1) is 18.8. The Morgan fingerprint density at radius 2 is 1.80 bits per heavy atom. The van der Waals surface area contributed by atoms with Crippen molar-refractivity contribution in [2.45, 2.75) is 51.2 Å². The second-order valence-electron chi connectivity index (χ2n) is 6.05. The summed E-state index contributed by atoms with van der Waals surface area (Å²) in [6.45, 7) is 1.41. The number of amides is 3. The van der Waals surface area contributed by atoms with Crippen molar-refractivity contribution >= 4 is 17.9 Å². The van der Waals surface area contributed by atoms with Gasteiger partial charge in [0.05, 0.1) is 7.11 Å². The zero-order chi connectivity index (χ0) is 18.2. The van der Waals surface area contributed by atoms with Crippen molar-refractivity contribution in [3.63, 3.8) is 0 Å². The molecule has 0 unspecified atom stereocenters. The van der Waals surface area contributed by atoms with E-state index in [0.717, 1.165) is 25.7 Å². The predicted molar refractivity (Wildman–Crippen MR) is 91.4 cm³/mol. The summed E-state index contributed by atoms with van der Waals surface area (Å²) in [5, 5.41) is 4.99.